The van der Waals surface area contributed by atoms with Crippen molar-refractivity contribution in [3.8, 4) is 11.5 Å². The van der Waals surface area contributed by atoms with Crippen molar-refractivity contribution < 1.29 is 19.0 Å². The third-order valence-corrected chi connectivity index (χ3v) is 8.23. The summed E-state index contributed by atoms with van der Waals surface area (Å²) in [7, 11) is 1.58. The summed E-state index contributed by atoms with van der Waals surface area (Å²) in [4.78, 5) is 33.1. The second-order valence-electron chi connectivity index (χ2n) is 8.03. The van der Waals surface area contributed by atoms with E-state index in [0.29, 0.717) is 38.7 Å². The van der Waals surface area contributed by atoms with Crippen molar-refractivity contribution in [1.82, 2.24) is 4.57 Å². The lowest BCUT2D eigenvalue weighted by molar-refractivity contribution is -0.139. The lowest BCUT2D eigenvalue weighted by Gasteiger charge is -2.24. The Morgan fingerprint density at radius 1 is 1.19 bits per heavy atom. The van der Waals surface area contributed by atoms with Gasteiger partial charge in [-0.15, -0.1) is 11.8 Å². The molecule has 37 heavy (non-hydrogen) atoms. The van der Waals surface area contributed by atoms with Crippen molar-refractivity contribution in [1.29, 1.82) is 0 Å². The van der Waals surface area contributed by atoms with Crippen LogP contribution in [0.25, 0.3) is 6.08 Å². The maximum atomic E-state index is 13.8. The van der Waals surface area contributed by atoms with Crippen LogP contribution in [0.1, 0.15) is 37.9 Å². The molecule has 4 rings (SSSR count). The number of ether oxygens (including phenoxy) is 3. The number of carbonyl (C=O) groups excluding carboxylic acids is 1. The summed E-state index contributed by atoms with van der Waals surface area (Å²) in [5, 5.41) is 0. The average Bonchev–Trinajstić information content (AvgIpc) is 3.19. The number of thiazole rings is 1. The van der Waals surface area contributed by atoms with Gasteiger partial charge in [0.1, 0.15) is 0 Å². The minimum Gasteiger partial charge on any atom is -0.493 e. The van der Waals surface area contributed by atoms with E-state index in [1.807, 2.05) is 49.6 Å². The van der Waals surface area contributed by atoms with E-state index >= 15 is 0 Å². The van der Waals surface area contributed by atoms with Crippen LogP contribution in [0.5, 0.6) is 11.5 Å². The van der Waals surface area contributed by atoms with Crippen LogP contribution in [-0.4, -0.2) is 37.1 Å². The van der Waals surface area contributed by atoms with E-state index in [-0.39, 0.29) is 12.2 Å². The van der Waals surface area contributed by atoms with Crippen molar-refractivity contribution in [2.45, 2.75) is 31.7 Å². The van der Waals surface area contributed by atoms with Crippen LogP contribution in [-0.2, 0) is 9.53 Å². The summed E-state index contributed by atoms with van der Waals surface area (Å²) in [6.45, 7) is 6.14. The van der Waals surface area contributed by atoms with Gasteiger partial charge in [0.2, 0.25) is 0 Å². The van der Waals surface area contributed by atoms with Gasteiger partial charge in [0.15, 0.2) is 16.3 Å². The molecule has 0 radical (unpaired) electrons. The molecule has 1 aliphatic rings. The van der Waals surface area contributed by atoms with Crippen LogP contribution in [0, 0.1) is 0 Å². The van der Waals surface area contributed by atoms with E-state index in [2.05, 4.69) is 20.9 Å². The van der Waals surface area contributed by atoms with Gasteiger partial charge in [0.05, 0.1) is 42.2 Å². The van der Waals surface area contributed by atoms with Gasteiger partial charge in [0.25, 0.3) is 5.56 Å². The van der Waals surface area contributed by atoms with E-state index in [4.69, 9.17) is 14.2 Å². The van der Waals surface area contributed by atoms with Crippen LogP contribution in [0.15, 0.2) is 66.8 Å². The second kappa shape index (κ2) is 11.7. The van der Waals surface area contributed by atoms with Crippen LogP contribution in [0.4, 0.5) is 0 Å². The first kappa shape index (κ1) is 27.2. The number of thioether (sulfide) groups is 1. The van der Waals surface area contributed by atoms with Gasteiger partial charge in [0, 0.05) is 9.37 Å². The Balaban J connectivity index is 1.93. The standard InChI is InChI=1S/C27H27BrN2O5S2/c1-6-34-21-12-17(19(28)14-20(21)33-4)13-22-25(31)30-24(16-8-10-18(36-5)11-9-16)23(26(32)35-7-2)15(3)29-27(30)37-22/h8-14,24H,6-7H2,1-5H3/b22-13+/t24-/m0/s1. The van der Waals surface area contributed by atoms with E-state index in [9.17, 15) is 9.59 Å². The van der Waals surface area contributed by atoms with Gasteiger partial charge in [-0.2, -0.15) is 0 Å². The van der Waals surface area contributed by atoms with Crippen LogP contribution in [0.2, 0.25) is 0 Å². The summed E-state index contributed by atoms with van der Waals surface area (Å²) in [5.41, 5.74) is 2.23. The Hall–Kier alpha value is -2.82. The molecule has 0 unspecified atom stereocenters. The summed E-state index contributed by atoms with van der Waals surface area (Å²) >= 11 is 6.48. The van der Waals surface area contributed by atoms with Gasteiger partial charge in [-0.05, 0) is 68.5 Å². The minimum atomic E-state index is -0.647. The number of halogens is 1. The first-order valence-corrected chi connectivity index (χ1v) is 14.5. The number of hydrogen-bond donors (Lipinski definition) is 0. The van der Waals surface area contributed by atoms with Crippen molar-refractivity contribution in [3.63, 3.8) is 0 Å². The first-order valence-electron chi connectivity index (χ1n) is 11.7. The third-order valence-electron chi connectivity index (χ3n) is 5.82. The molecule has 0 aliphatic carbocycles. The number of esters is 1. The number of benzene rings is 2. The van der Waals surface area contributed by atoms with E-state index in [0.717, 1.165) is 20.5 Å². The van der Waals surface area contributed by atoms with E-state index in [1.54, 1.807) is 43.4 Å². The van der Waals surface area contributed by atoms with Crippen molar-refractivity contribution in [2.75, 3.05) is 26.6 Å². The fraction of sp³-hybridized carbons (Fsp3) is 0.296. The SMILES string of the molecule is CCOC(=O)C1=C(C)N=c2s/c(=C/c3cc(OCC)c(OC)cc3Br)c(=O)n2[C@H]1c1ccc(SC)cc1. The zero-order valence-corrected chi connectivity index (χ0v) is 24.4. The number of fused-ring (bicyclic) bond motifs is 1. The first-order chi connectivity index (χ1) is 17.8. The van der Waals surface area contributed by atoms with Gasteiger partial charge in [-0.25, -0.2) is 9.79 Å². The van der Waals surface area contributed by atoms with Gasteiger partial charge in [-0.1, -0.05) is 39.4 Å². The maximum Gasteiger partial charge on any atom is 0.338 e. The summed E-state index contributed by atoms with van der Waals surface area (Å²) in [6, 6.07) is 10.9. The number of methoxy groups -OCH3 is 1. The Bertz CT molecular complexity index is 1540. The number of aromatic nitrogens is 1. The highest BCUT2D eigenvalue weighted by atomic mass is 79.9. The largest absolute Gasteiger partial charge is 0.493 e. The predicted octanol–water partition coefficient (Wildman–Crippen LogP) is 4.69. The fourth-order valence-electron chi connectivity index (χ4n) is 4.12. The van der Waals surface area contributed by atoms with E-state index < -0.39 is 12.0 Å². The van der Waals surface area contributed by atoms with Gasteiger partial charge >= 0.3 is 5.97 Å². The molecule has 3 aromatic rings. The fourth-order valence-corrected chi connectivity index (χ4v) is 6.01. The molecule has 1 atom stereocenters. The van der Waals surface area contributed by atoms with Gasteiger partial charge < -0.3 is 14.2 Å². The molecule has 0 saturated heterocycles. The quantitative estimate of drug-likeness (QED) is 0.275. The molecule has 0 amide bonds. The smallest absolute Gasteiger partial charge is 0.338 e. The highest BCUT2D eigenvalue weighted by Gasteiger charge is 2.33. The molecule has 1 aromatic heterocycles. The van der Waals surface area contributed by atoms with Crippen molar-refractivity contribution in [3.05, 3.63) is 83.0 Å². The van der Waals surface area contributed by atoms with Crippen LogP contribution < -0.4 is 24.4 Å². The molecular formula is C27H27BrN2O5S2. The topological polar surface area (TPSA) is 79.1 Å². The number of allylic oxidation sites excluding steroid dienone is 1. The molecule has 7 nitrogen and oxygen atoms in total. The van der Waals surface area contributed by atoms with Gasteiger partial charge in [-0.3, -0.25) is 9.36 Å². The van der Waals surface area contributed by atoms with Crippen LogP contribution in [0.3, 0.4) is 0 Å². The molecule has 2 aromatic carbocycles. The number of nitrogens with zero attached hydrogens (tertiary/aromatic N) is 2. The van der Waals surface area contributed by atoms with Crippen molar-refractivity contribution in [2.24, 2.45) is 4.99 Å². The highest BCUT2D eigenvalue weighted by Crippen LogP contribution is 2.34. The number of carbonyl (C=O) groups is 1. The second-order valence-corrected chi connectivity index (χ2v) is 10.8. The zero-order valence-electron chi connectivity index (χ0n) is 21.2. The normalized spacial score (nSPS) is 15.3. The molecule has 194 valence electrons. The summed E-state index contributed by atoms with van der Waals surface area (Å²) in [6.07, 6.45) is 3.80. The maximum absolute atomic E-state index is 13.8. The highest BCUT2D eigenvalue weighted by molar-refractivity contribution is 9.10. The molecule has 0 saturated carbocycles. The lowest BCUT2D eigenvalue weighted by Crippen LogP contribution is -2.39. The molecule has 0 spiro atoms. The molecule has 2 heterocycles. The third kappa shape index (κ3) is 5.42. The lowest BCUT2D eigenvalue weighted by atomic mass is 9.96. The van der Waals surface area contributed by atoms with Crippen LogP contribution >= 0.6 is 39.0 Å². The Kier molecular flexibility index (Phi) is 8.61. The monoisotopic (exact) mass is 602 g/mol. The Morgan fingerprint density at radius 2 is 1.92 bits per heavy atom. The zero-order chi connectivity index (χ0) is 26.7. The van der Waals surface area contributed by atoms with E-state index in [1.165, 1.54) is 11.3 Å². The molecule has 10 heteroatoms. The predicted molar refractivity (Wildman–Crippen MR) is 150 cm³/mol. The molecular weight excluding hydrogens is 576 g/mol. The van der Waals surface area contributed by atoms with Crippen molar-refractivity contribution >= 4 is 51.1 Å². The number of rotatable bonds is 8. The Labute approximate surface area is 231 Å². The summed E-state index contributed by atoms with van der Waals surface area (Å²) in [5.74, 6) is 0.700. The molecule has 0 bridgehead atoms. The summed E-state index contributed by atoms with van der Waals surface area (Å²) < 4.78 is 19.3. The number of hydrogen-bond acceptors (Lipinski definition) is 8. The molecule has 1 aliphatic heterocycles. The molecule has 0 fully saturated rings. The average molecular weight is 604 g/mol. The molecule has 0 N–H and O–H groups in total. The Morgan fingerprint density at radius 3 is 2.54 bits per heavy atom. The minimum absolute atomic E-state index is 0.228.